The van der Waals surface area contributed by atoms with Gasteiger partial charge in [-0.05, 0) is 111 Å². The third-order valence-corrected chi connectivity index (χ3v) is 9.26. The summed E-state index contributed by atoms with van der Waals surface area (Å²) in [5.41, 5.74) is 7.53. The molecule has 4 unspecified atom stereocenters. The van der Waals surface area contributed by atoms with Crippen LogP contribution in [0.4, 0.5) is 11.4 Å². The second-order valence-corrected chi connectivity index (χ2v) is 12.9. The molecule has 0 bridgehead atoms. The lowest BCUT2D eigenvalue weighted by atomic mass is 9.91. The first kappa shape index (κ1) is 28.1. The van der Waals surface area contributed by atoms with Gasteiger partial charge in [0.2, 0.25) is 0 Å². The quantitative estimate of drug-likeness (QED) is 0.231. The Morgan fingerprint density at radius 3 is 2.27 bits per heavy atom. The number of hydrogen-bond donors (Lipinski definition) is 1. The number of benzene rings is 2. The van der Waals surface area contributed by atoms with E-state index < -0.39 is 0 Å². The smallest absolute Gasteiger partial charge is 0.174 e. The standard InChI is InChI=1S/C33H35Cl2N5S/c1-20-15-21(2)19-38(18-20)30-13-12-26(17-28(30)35)40-32(31(37-33(40)41)29-7-5-6-14-36-29)27-16-22(3)39(23(27)4)25-10-8-24(34)9-11-25/h5-14,16-17,20-21,31-32H,15,18-19H2,1-4H3,(H,37,41). The second kappa shape index (κ2) is 11.3. The van der Waals surface area contributed by atoms with Crippen molar-refractivity contribution in [3.05, 3.63) is 106 Å². The van der Waals surface area contributed by atoms with Crippen LogP contribution in [0.2, 0.25) is 10.0 Å². The molecular formula is C33H35Cl2N5S. The molecule has 2 aliphatic rings. The van der Waals surface area contributed by atoms with E-state index in [9.17, 15) is 0 Å². The van der Waals surface area contributed by atoms with Gasteiger partial charge in [0.1, 0.15) is 0 Å². The predicted molar refractivity (Wildman–Crippen MR) is 175 cm³/mol. The van der Waals surface area contributed by atoms with Gasteiger partial charge < -0.3 is 19.7 Å². The zero-order valence-corrected chi connectivity index (χ0v) is 26.1. The van der Waals surface area contributed by atoms with E-state index in [4.69, 9.17) is 40.4 Å². The minimum absolute atomic E-state index is 0.124. The van der Waals surface area contributed by atoms with Crippen LogP contribution in [0.1, 0.15) is 55.0 Å². The summed E-state index contributed by atoms with van der Waals surface area (Å²) in [4.78, 5) is 9.37. The van der Waals surface area contributed by atoms with E-state index in [0.29, 0.717) is 16.9 Å². The molecule has 5 nitrogen and oxygen atoms in total. The van der Waals surface area contributed by atoms with Gasteiger partial charge in [0.05, 0.1) is 28.5 Å². The van der Waals surface area contributed by atoms with E-state index in [0.717, 1.165) is 57.3 Å². The second-order valence-electron chi connectivity index (χ2n) is 11.6. The summed E-state index contributed by atoms with van der Waals surface area (Å²) >= 11 is 19.2. The fourth-order valence-electron chi connectivity index (χ4n) is 6.79. The lowest BCUT2D eigenvalue weighted by Gasteiger charge is -2.37. The van der Waals surface area contributed by atoms with Crippen LogP contribution in [0.5, 0.6) is 0 Å². The highest BCUT2D eigenvalue weighted by atomic mass is 35.5. The van der Waals surface area contributed by atoms with E-state index >= 15 is 0 Å². The van der Waals surface area contributed by atoms with Crippen LogP contribution in [-0.4, -0.2) is 27.8 Å². The minimum Gasteiger partial charge on any atom is -0.370 e. The lowest BCUT2D eigenvalue weighted by Crippen LogP contribution is -2.38. The Labute approximate surface area is 258 Å². The Morgan fingerprint density at radius 1 is 0.902 bits per heavy atom. The number of thiocarbonyl (C=S) groups is 1. The molecule has 2 saturated heterocycles. The van der Waals surface area contributed by atoms with Gasteiger partial charge in [-0.3, -0.25) is 4.98 Å². The van der Waals surface area contributed by atoms with E-state index in [2.05, 4.69) is 89.8 Å². The number of rotatable bonds is 5. The van der Waals surface area contributed by atoms with Crippen LogP contribution in [0.15, 0.2) is 72.9 Å². The average molecular weight is 605 g/mol. The van der Waals surface area contributed by atoms with Gasteiger partial charge in [0, 0.05) is 47.1 Å². The van der Waals surface area contributed by atoms with Crippen molar-refractivity contribution in [3.63, 3.8) is 0 Å². The molecule has 0 aliphatic carbocycles. The molecule has 4 aromatic rings. The van der Waals surface area contributed by atoms with Crippen LogP contribution in [0.25, 0.3) is 5.69 Å². The Bertz CT molecular complexity index is 1560. The predicted octanol–water partition coefficient (Wildman–Crippen LogP) is 8.46. The summed E-state index contributed by atoms with van der Waals surface area (Å²) in [6.45, 7) is 11.0. The van der Waals surface area contributed by atoms with Crippen molar-refractivity contribution in [2.75, 3.05) is 22.9 Å². The first-order chi connectivity index (χ1) is 19.7. The number of aryl methyl sites for hydroxylation is 1. The number of nitrogens with zero attached hydrogens (tertiary/aromatic N) is 4. The normalized spacial score (nSPS) is 22.7. The molecule has 4 heterocycles. The van der Waals surface area contributed by atoms with E-state index in [-0.39, 0.29) is 12.1 Å². The highest BCUT2D eigenvalue weighted by Gasteiger charge is 2.42. The Balaban J connectivity index is 1.44. The SMILES string of the molecule is Cc1cc(C2C(c3ccccn3)NC(=S)N2c2ccc(N3CC(C)CC(C)C3)c(Cl)c2)c(C)n1-c1ccc(Cl)cc1. The Morgan fingerprint density at radius 2 is 1.61 bits per heavy atom. The van der Waals surface area contributed by atoms with Gasteiger partial charge in [-0.25, -0.2) is 0 Å². The average Bonchev–Trinajstić information content (AvgIpc) is 3.44. The van der Waals surface area contributed by atoms with Gasteiger partial charge in [-0.2, -0.15) is 0 Å². The fraction of sp³-hybridized carbons (Fsp3) is 0.333. The van der Waals surface area contributed by atoms with Gasteiger partial charge in [-0.1, -0.05) is 43.1 Å². The molecule has 2 aromatic heterocycles. The molecule has 0 amide bonds. The molecule has 0 spiro atoms. The number of aromatic nitrogens is 2. The van der Waals surface area contributed by atoms with Crippen molar-refractivity contribution in [1.82, 2.24) is 14.9 Å². The molecule has 1 N–H and O–H groups in total. The third-order valence-electron chi connectivity index (χ3n) is 8.39. The minimum atomic E-state index is -0.134. The summed E-state index contributed by atoms with van der Waals surface area (Å²) in [5, 5.41) is 5.72. The maximum atomic E-state index is 7.03. The van der Waals surface area contributed by atoms with E-state index in [1.165, 1.54) is 12.0 Å². The molecule has 0 radical (unpaired) electrons. The summed E-state index contributed by atoms with van der Waals surface area (Å²) in [6.07, 6.45) is 3.09. The largest absolute Gasteiger partial charge is 0.370 e. The van der Waals surface area contributed by atoms with Crippen molar-refractivity contribution in [2.45, 2.75) is 46.2 Å². The van der Waals surface area contributed by atoms with E-state index in [1.54, 1.807) is 0 Å². The van der Waals surface area contributed by atoms with Crippen molar-refractivity contribution >= 4 is 51.9 Å². The third kappa shape index (κ3) is 5.33. The van der Waals surface area contributed by atoms with Crippen molar-refractivity contribution in [1.29, 1.82) is 0 Å². The molecule has 4 atom stereocenters. The molecule has 2 fully saturated rings. The van der Waals surface area contributed by atoms with Crippen LogP contribution >= 0.6 is 35.4 Å². The number of halogens is 2. The van der Waals surface area contributed by atoms with Gasteiger partial charge >= 0.3 is 0 Å². The number of piperidine rings is 1. The highest BCUT2D eigenvalue weighted by Crippen LogP contribution is 2.45. The monoisotopic (exact) mass is 603 g/mol. The Kier molecular flexibility index (Phi) is 7.75. The summed E-state index contributed by atoms with van der Waals surface area (Å²) in [6, 6.07) is 22.4. The highest BCUT2D eigenvalue weighted by molar-refractivity contribution is 7.80. The number of anilines is 2. The first-order valence-electron chi connectivity index (χ1n) is 14.2. The molecular weight excluding hydrogens is 569 g/mol. The number of pyridine rings is 1. The molecule has 2 aromatic carbocycles. The molecule has 41 heavy (non-hydrogen) atoms. The lowest BCUT2D eigenvalue weighted by molar-refractivity contribution is 0.357. The number of nitrogens with one attached hydrogen (secondary N) is 1. The maximum absolute atomic E-state index is 7.03. The summed E-state index contributed by atoms with van der Waals surface area (Å²) in [7, 11) is 0. The molecule has 0 saturated carbocycles. The van der Waals surface area contributed by atoms with Gasteiger partial charge in [-0.15, -0.1) is 0 Å². The van der Waals surface area contributed by atoms with Crippen molar-refractivity contribution in [3.8, 4) is 5.69 Å². The van der Waals surface area contributed by atoms with Crippen LogP contribution in [0.3, 0.4) is 0 Å². The summed E-state index contributed by atoms with van der Waals surface area (Å²) in [5.74, 6) is 1.29. The van der Waals surface area contributed by atoms with Crippen LogP contribution < -0.4 is 15.1 Å². The van der Waals surface area contributed by atoms with Crippen molar-refractivity contribution < 1.29 is 0 Å². The maximum Gasteiger partial charge on any atom is 0.174 e. The first-order valence-corrected chi connectivity index (χ1v) is 15.4. The van der Waals surface area contributed by atoms with Crippen molar-refractivity contribution in [2.24, 2.45) is 11.8 Å². The van der Waals surface area contributed by atoms with Gasteiger partial charge in [0.25, 0.3) is 0 Å². The molecule has 8 heteroatoms. The Hall–Kier alpha value is -3.06. The number of hydrogen-bond acceptors (Lipinski definition) is 3. The summed E-state index contributed by atoms with van der Waals surface area (Å²) < 4.78 is 2.27. The van der Waals surface area contributed by atoms with E-state index in [1.807, 2.05) is 30.5 Å². The zero-order chi connectivity index (χ0) is 28.8. The zero-order valence-electron chi connectivity index (χ0n) is 23.8. The molecule has 6 rings (SSSR count). The molecule has 212 valence electrons. The van der Waals surface area contributed by atoms with Gasteiger partial charge in [0.15, 0.2) is 5.11 Å². The van der Waals surface area contributed by atoms with Crippen LogP contribution in [-0.2, 0) is 0 Å². The van der Waals surface area contributed by atoms with Crippen LogP contribution in [0, 0.1) is 25.7 Å². The topological polar surface area (TPSA) is 36.3 Å². The fourth-order valence-corrected chi connectivity index (χ4v) is 7.55. The molecule has 2 aliphatic heterocycles.